The molecule has 0 saturated carbocycles. The van der Waals surface area contributed by atoms with Crippen molar-refractivity contribution in [1.82, 2.24) is 10.3 Å². The molecular weight excluding hydrogens is 330 g/mol. The lowest BCUT2D eigenvalue weighted by atomic mass is 10.2. The van der Waals surface area contributed by atoms with Crippen LogP contribution in [-0.4, -0.2) is 43.8 Å². The highest BCUT2D eigenvalue weighted by Gasteiger charge is 2.13. The number of nitrogens with zero attached hydrogens (tertiary/aromatic N) is 2. The van der Waals surface area contributed by atoms with E-state index in [9.17, 15) is 4.79 Å². The molecule has 26 heavy (non-hydrogen) atoms. The van der Waals surface area contributed by atoms with E-state index in [1.54, 1.807) is 6.20 Å². The molecule has 1 aliphatic rings. The Morgan fingerprint density at radius 3 is 2.73 bits per heavy atom. The number of hydrogen-bond acceptors (Lipinski definition) is 5. The third-order valence-electron chi connectivity index (χ3n) is 4.20. The van der Waals surface area contributed by atoms with Crippen molar-refractivity contribution < 1.29 is 14.3 Å². The summed E-state index contributed by atoms with van der Waals surface area (Å²) < 4.78 is 10.9. The van der Waals surface area contributed by atoms with Crippen molar-refractivity contribution in [3.63, 3.8) is 0 Å². The fourth-order valence-corrected chi connectivity index (χ4v) is 2.84. The highest BCUT2D eigenvalue weighted by Crippen LogP contribution is 2.18. The van der Waals surface area contributed by atoms with Crippen molar-refractivity contribution in [3.05, 3.63) is 54.2 Å². The van der Waals surface area contributed by atoms with Crippen LogP contribution in [0.15, 0.2) is 48.7 Å². The van der Waals surface area contributed by atoms with E-state index in [1.165, 1.54) is 12.8 Å². The monoisotopic (exact) mass is 355 g/mol. The van der Waals surface area contributed by atoms with Gasteiger partial charge in [0.2, 0.25) is 5.91 Å². The van der Waals surface area contributed by atoms with Crippen LogP contribution in [0.3, 0.4) is 0 Å². The lowest BCUT2D eigenvalue weighted by molar-refractivity contribution is -0.126. The summed E-state index contributed by atoms with van der Waals surface area (Å²) in [6.45, 7) is 3.41. The summed E-state index contributed by atoms with van der Waals surface area (Å²) in [4.78, 5) is 18.6. The molecule has 1 fully saturated rings. The fourth-order valence-electron chi connectivity index (χ4n) is 2.84. The number of pyridine rings is 1. The molecule has 1 aromatic heterocycles. The average Bonchev–Trinajstić information content (AvgIpc) is 3.22. The number of nitrogens with one attached hydrogen (secondary N) is 1. The van der Waals surface area contributed by atoms with Crippen molar-refractivity contribution in [2.45, 2.75) is 19.4 Å². The first kappa shape index (κ1) is 18.2. The van der Waals surface area contributed by atoms with Gasteiger partial charge in [0.05, 0.1) is 6.61 Å². The van der Waals surface area contributed by atoms with Crippen LogP contribution >= 0.6 is 0 Å². The van der Waals surface area contributed by atoms with E-state index >= 15 is 0 Å². The first-order valence-corrected chi connectivity index (χ1v) is 9.03. The van der Waals surface area contributed by atoms with E-state index in [-0.39, 0.29) is 12.5 Å². The minimum atomic E-state index is -0.135. The summed E-state index contributed by atoms with van der Waals surface area (Å²) in [7, 11) is 0. The number of carbonyl (C=O) groups excluding carboxylic acids is 1. The number of carbonyl (C=O) groups is 1. The van der Waals surface area contributed by atoms with Gasteiger partial charge in [-0.25, -0.2) is 4.98 Å². The summed E-state index contributed by atoms with van der Waals surface area (Å²) in [6.07, 6.45) is 4.23. The summed E-state index contributed by atoms with van der Waals surface area (Å²) >= 11 is 0. The van der Waals surface area contributed by atoms with Crippen LogP contribution in [-0.2, 0) is 16.1 Å². The van der Waals surface area contributed by atoms with Gasteiger partial charge in [-0.05, 0) is 42.7 Å². The van der Waals surface area contributed by atoms with Gasteiger partial charge in [-0.1, -0.05) is 18.2 Å². The van der Waals surface area contributed by atoms with Crippen LogP contribution in [0.2, 0.25) is 0 Å². The van der Waals surface area contributed by atoms with Gasteiger partial charge < -0.3 is 19.7 Å². The van der Waals surface area contributed by atoms with Crippen molar-refractivity contribution >= 4 is 11.7 Å². The predicted octanol–water partition coefficient (Wildman–Crippen LogP) is 2.39. The first-order valence-electron chi connectivity index (χ1n) is 9.03. The Kier molecular flexibility index (Phi) is 6.84. The Labute approximate surface area is 154 Å². The number of hydrogen-bond donors (Lipinski definition) is 1. The molecule has 1 amide bonds. The number of aromatic nitrogens is 1. The molecule has 6 nitrogen and oxygen atoms in total. The molecule has 0 bridgehead atoms. The maximum atomic E-state index is 11.9. The van der Waals surface area contributed by atoms with Crippen LogP contribution in [0.5, 0.6) is 5.75 Å². The Morgan fingerprint density at radius 2 is 1.92 bits per heavy atom. The van der Waals surface area contributed by atoms with Crippen LogP contribution in [0.25, 0.3) is 0 Å². The molecule has 0 atom stereocenters. The average molecular weight is 355 g/mol. The van der Waals surface area contributed by atoms with Crippen molar-refractivity contribution in [1.29, 1.82) is 0 Å². The highest BCUT2D eigenvalue weighted by atomic mass is 16.5. The molecule has 2 aromatic rings. The number of ether oxygens (including phenoxy) is 2. The van der Waals surface area contributed by atoms with Gasteiger partial charge in [0.15, 0.2) is 0 Å². The number of anilines is 1. The zero-order valence-electron chi connectivity index (χ0n) is 14.9. The Morgan fingerprint density at radius 1 is 1.12 bits per heavy atom. The molecule has 1 aliphatic heterocycles. The van der Waals surface area contributed by atoms with Crippen LogP contribution in [0.1, 0.15) is 18.4 Å². The quantitative estimate of drug-likeness (QED) is 0.700. The Balaban J connectivity index is 1.32. The molecule has 0 spiro atoms. The zero-order valence-corrected chi connectivity index (χ0v) is 14.9. The molecule has 1 aromatic carbocycles. The van der Waals surface area contributed by atoms with Gasteiger partial charge in [-0.2, -0.15) is 0 Å². The third kappa shape index (κ3) is 5.74. The minimum Gasteiger partial charge on any atom is -0.491 e. The van der Waals surface area contributed by atoms with Gasteiger partial charge in [-0.3, -0.25) is 4.79 Å². The van der Waals surface area contributed by atoms with E-state index in [0.29, 0.717) is 19.8 Å². The molecule has 0 unspecified atom stereocenters. The second-order valence-corrected chi connectivity index (χ2v) is 6.21. The van der Waals surface area contributed by atoms with Gasteiger partial charge in [-0.15, -0.1) is 0 Å². The predicted molar refractivity (Wildman–Crippen MR) is 100 cm³/mol. The second-order valence-electron chi connectivity index (χ2n) is 6.21. The molecule has 1 saturated heterocycles. The molecule has 0 radical (unpaired) electrons. The lowest BCUT2D eigenvalue weighted by Crippen LogP contribution is -2.28. The summed E-state index contributed by atoms with van der Waals surface area (Å²) in [6, 6.07) is 13.5. The smallest absolute Gasteiger partial charge is 0.246 e. The van der Waals surface area contributed by atoms with Crippen molar-refractivity contribution in [2.24, 2.45) is 0 Å². The summed E-state index contributed by atoms with van der Waals surface area (Å²) in [5.74, 6) is 1.65. The SMILES string of the molecule is O=C(COCCOc1ccccc1)NCc1ccnc(N2CCCC2)c1. The first-order chi connectivity index (χ1) is 12.8. The second kappa shape index (κ2) is 9.77. The van der Waals surface area contributed by atoms with E-state index < -0.39 is 0 Å². The molecule has 138 valence electrons. The van der Waals surface area contributed by atoms with Crippen molar-refractivity contribution in [3.8, 4) is 5.75 Å². The van der Waals surface area contributed by atoms with Gasteiger partial charge in [0, 0.05) is 25.8 Å². The summed E-state index contributed by atoms with van der Waals surface area (Å²) in [5, 5.41) is 2.87. The van der Waals surface area contributed by atoms with Crippen molar-refractivity contribution in [2.75, 3.05) is 37.8 Å². The topological polar surface area (TPSA) is 63.7 Å². The zero-order chi connectivity index (χ0) is 18.0. The molecule has 3 rings (SSSR count). The third-order valence-corrected chi connectivity index (χ3v) is 4.20. The molecular formula is C20H25N3O3. The van der Waals surface area contributed by atoms with E-state index in [1.807, 2.05) is 42.5 Å². The standard InChI is InChI=1S/C20H25N3O3/c24-20(16-25-12-13-26-18-6-2-1-3-7-18)22-15-17-8-9-21-19(14-17)23-10-4-5-11-23/h1-3,6-9,14H,4-5,10-13,15-16H2,(H,22,24). The van der Waals surface area contributed by atoms with Crippen LogP contribution < -0.4 is 15.0 Å². The van der Waals surface area contributed by atoms with Crippen LogP contribution in [0.4, 0.5) is 5.82 Å². The Hall–Kier alpha value is -2.60. The van der Waals surface area contributed by atoms with Gasteiger partial charge in [0.1, 0.15) is 24.8 Å². The molecule has 6 heteroatoms. The maximum Gasteiger partial charge on any atom is 0.246 e. The number of para-hydroxylation sites is 1. The molecule has 2 heterocycles. The van der Waals surface area contributed by atoms with E-state index in [0.717, 1.165) is 30.2 Å². The maximum absolute atomic E-state index is 11.9. The van der Waals surface area contributed by atoms with Gasteiger partial charge >= 0.3 is 0 Å². The van der Waals surface area contributed by atoms with Crippen LogP contribution in [0, 0.1) is 0 Å². The Bertz CT molecular complexity index is 688. The van der Waals surface area contributed by atoms with E-state index in [2.05, 4.69) is 15.2 Å². The molecule has 0 aliphatic carbocycles. The van der Waals surface area contributed by atoms with E-state index in [4.69, 9.17) is 9.47 Å². The number of benzene rings is 1. The molecule has 1 N–H and O–H groups in total. The summed E-state index contributed by atoms with van der Waals surface area (Å²) in [5.41, 5.74) is 1.04. The van der Waals surface area contributed by atoms with Gasteiger partial charge in [0.25, 0.3) is 0 Å². The highest BCUT2D eigenvalue weighted by molar-refractivity contribution is 5.77. The fraction of sp³-hybridized carbons (Fsp3) is 0.400. The number of amides is 1. The minimum absolute atomic E-state index is 0.0300. The lowest BCUT2D eigenvalue weighted by Gasteiger charge is -2.17. The normalized spacial score (nSPS) is 13.6. The number of rotatable bonds is 9. The largest absolute Gasteiger partial charge is 0.491 e.